The number of hydrogen-bond donors (Lipinski definition) is 1. The molecule has 1 aromatic rings. The number of rotatable bonds is 7. The molecule has 0 bridgehead atoms. The average Bonchev–Trinajstić information content (AvgIpc) is 2.33. The van der Waals surface area contributed by atoms with Crippen LogP contribution >= 0.6 is 11.8 Å². The van der Waals surface area contributed by atoms with Gasteiger partial charge in [0.25, 0.3) is 0 Å². The van der Waals surface area contributed by atoms with E-state index in [1.54, 1.807) is 6.07 Å². The Labute approximate surface area is 110 Å². The molecule has 1 atom stereocenters. The minimum atomic E-state index is -0.783. The molecule has 0 aliphatic rings. The largest absolute Gasteiger partial charge is 0.309 e. The van der Waals surface area contributed by atoms with Crippen molar-refractivity contribution in [3.8, 4) is 0 Å². The second-order valence-corrected chi connectivity index (χ2v) is 5.30. The zero-order valence-corrected chi connectivity index (χ0v) is 11.3. The Morgan fingerprint density at radius 3 is 2.83 bits per heavy atom. The molecule has 1 aromatic carbocycles. The molecule has 1 rings (SSSR count). The van der Waals surface area contributed by atoms with Crippen LogP contribution in [0.15, 0.2) is 18.2 Å². The van der Waals surface area contributed by atoms with E-state index < -0.39 is 16.4 Å². The summed E-state index contributed by atoms with van der Waals surface area (Å²) in [4.78, 5) is 9.75. The van der Waals surface area contributed by atoms with Gasteiger partial charge in [-0.2, -0.15) is 16.2 Å². The van der Waals surface area contributed by atoms with Gasteiger partial charge in [-0.3, -0.25) is 10.1 Å². The van der Waals surface area contributed by atoms with Gasteiger partial charge < -0.3 is 5.32 Å². The van der Waals surface area contributed by atoms with Crippen LogP contribution in [-0.4, -0.2) is 22.5 Å². The van der Waals surface area contributed by atoms with Crippen LogP contribution in [0.1, 0.15) is 19.4 Å². The third kappa shape index (κ3) is 4.62. The highest BCUT2D eigenvalue weighted by molar-refractivity contribution is 7.99. The average molecular weight is 272 g/mol. The molecule has 6 heteroatoms. The van der Waals surface area contributed by atoms with Gasteiger partial charge in [-0.25, -0.2) is 0 Å². The van der Waals surface area contributed by atoms with E-state index >= 15 is 0 Å². The predicted octanol–water partition coefficient (Wildman–Crippen LogP) is 2.97. The molecule has 1 unspecified atom stereocenters. The lowest BCUT2D eigenvalue weighted by Gasteiger charge is -2.12. The van der Waals surface area contributed by atoms with Gasteiger partial charge in [0.15, 0.2) is 0 Å². The lowest BCUT2D eigenvalue weighted by molar-refractivity contribution is -0.387. The summed E-state index contributed by atoms with van der Waals surface area (Å²) in [7, 11) is 0. The highest BCUT2D eigenvalue weighted by Crippen LogP contribution is 2.18. The Kier molecular flexibility index (Phi) is 6.07. The highest BCUT2D eigenvalue weighted by Gasteiger charge is 2.13. The summed E-state index contributed by atoms with van der Waals surface area (Å²) in [5.74, 6) is 1.28. The summed E-state index contributed by atoms with van der Waals surface area (Å²) in [5, 5.41) is 13.7. The third-order valence-electron chi connectivity index (χ3n) is 2.44. The molecule has 0 spiro atoms. The second-order valence-electron chi connectivity index (χ2n) is 3.98. The lowest BCUT2D eigenvalue weighted by atomic mass is 10.2. The van der Waals surface area contributed by atoms with E-state index in [9.17, 15) is 14.5 Å². The van der Waals surface area contributed by atoms with Gasteiger partial charge in [-0.1, -0.05) is 13.0 Å². The first kappa shape index (κ1) is 14.9. The number of nitro groups is 1. The van der Waals surface area contributed by atoms with Crippen LogP contribution in [0.4, 0.5) is 10.1 Å². The van der Waals surface area contributed by atoms with Gasteiger partial charge in [-0.15, -0.1) is 0 Å². The van der Waals surface area contributed by atoms with Gasteiger partial charge in [0, 0.05) is 24.4 Å². The molecule has 0 aromatic heterocycles. The van der Waals surface area contributed by atoms with Gasteiger partial charge in [0.2, 0.25) is 5.82 Å². The fourth-order valence-corrected chi connectivity index (χ4v) is 2.16. The Balaban J connectivity index is 2.53. The molecule has 0 saturated heterocycles. The van der Waals surface area contributed by atoms with E-state index in [-0.39, 0.29) is 0 Å². The molecule has 0 heterocycles. The molecular weight excluding hydrogens is 255 g/mol. The second kappa shape index (κ2) is 7.33. The summed E-state index contributed by atoms with van der Waals surface area (Å²) in [5.41, 5.74) is 0.236. The molecule has 18 heavy (non-hydrogen) atoms. The summed E-state index contributed by atoms with van der Waals surface area (Å²) in [6.07, 6.45) is 0. The summed E-state index contributed by atoms with van der Waals surface area (Å²) >= 11 is 1.83. The molecule has 100 valence electrons. The summed E-state index contributed by atoms with van der Waals surface area (Å²) < 4.78 is 13.4. The predicted molar refractivity (Wildman–Crippen MR) is 72.4 cm³/mol. The number of halogens is 1. The van der Waals surface area contributed by atoms with Crippen LogP contribution in [0.5, 0.6) is 0 Å². The molecule has 0 aliphatic carbocycles. The molecular formula is C12H17FN2O2S. The number of hydrogen-bond acceptors (Lipinski definition) is 4. The summed E-state index contributed by atoms with van der Waals surface area (Å²) in [6.45, 7) is 4.67. The Hall–Kier alpha value is -1.14. The molecule has 0 saturated carbocycles. The van der Waals surface area contributed by atoms with Crippen LogP contribution in [0.25, 0.3) is 0 Å². The van der Waals surface area contributed by atoms with Crippen molar-refractivity contribution in [2.45, 2.75) is 26.4 Å². The van der Waals surface area contributed by atoms with Crippen molar-refractivity contribution in [3.63, 3.8) is 0 Å². The zero-order chi connectivity index (χ0) is 13.5. The van der Waals surface area contributed by atoms with E-state index in [2.05, 4.69) is 19.2 Å². The lowest BCUT2D eigenvalue weighted by Crippen LogP contribution is -2.27. The van der Waals surface area contributed by atoms with E-state index in [4.69, 9.17) is 0 Å². The molecule has 0 radical (unpaired) electrons. The normalized spacial score (nSPS) is 12.4. The molecule has 0 fully saturated rings. The fourth-order valence-electron chi connectivity index (χ4n) is 1.45. The Morgan fingerprint density at radius 2 is 2.28 bits per heavy atom. The number of thioether (sulfide) groups is 1. The van der Waals surface area contributed by atoms with E-state index in [1.165, 1.54) is 12.1 Å². The van der Waals surface area contributed by atoms with Crippen molar-refractivity contribution in [2.75, 3.05) is 11.5 Å². The van der Waals surface area contributed by atoms with Crippen molar-refractivity contribution in [1.82, 2.24) is 5.32 Å². The van der Waals surface area contributed by atoms with Crippen molar-refractivity contribution in [3.05, 3.63) is 39.7 Å². The molecule has 0 amide bonds. The number of nitro benzene ring substituents is 1. The van der Waals surface area contributed by atoms with E-state index in [1.807, 2.05) is 11.8 Å². The molecule has 0 aliphatic heterocycles. The number of nitrogens with zero attached hydrogens (tertiary/aromatic N) is 1. The van der Waals surface area contributed by atoms with Gasteiger partial charge >= 0.3 is 5.69 Å². The monoisotopic (exact) mass is 272 g/mol. The third-order valence-corrected chi connectivity index (χ3v) is 3.58. The quantitative estimate of drug-likeness (QED) is 0.612. The van der Waals surface area contributed by atoms with Crippen molar-refractivity contribution in [2.24, 2.45) is 0 Å². The van der Waals surface area contributed by atoms with Gasteiger partial charge in [0.1, 0.15) is 0 Å². The molecule has 1 N–H and O–H groups in total. The SMILES string of the molecule is CCSCC(C)NCc1ccc([N+](=O)[O-])c(F)c1. The maximum Gasteiger partial charge on any atom is 0.304 e. The van der Waals surface area contributed by atoms with Crippen molar-refractivity contribution >= 4 is 17.4 Å². The topological polar surface area (TPSA) is 55.2 Å². The Bertz CT molecular complexity index is 415. The van der Waals surface area contributed by atoms with E-state index in [0.717, 1.165) is 11.5 Å². The van der Waals surface area contributed by atoms with Crippen LogP contribution in [0, 0.1) is 15.9 Å². The van der Waals surface area contributed by atoms with Crippen LogP contribution in [0.2, 0.25) is 0 Å². The standard InChI is InChI=1S/C12H17FN2O2S/c1-3-18-8-9(2)14-7-10-4-5-12(15(16)17)11(13)6-10/h4-6,9,14H,3,7-8H2,1-2H3. The highest BCUT2D eigenvalue weighted by atomic mass is 32.2. The summed E-state index contributed by atoms with van der Waals surface area (Å²) in [6, 6.07) is 4.32. The van der Waals surface area contributed by atoms with Crippen molar-refractivity contribution in [1.29, 1.82) is 0 Å². The van der Waals surface area contributed by atoms with Crippen LogP contribution in [-0.2, 0) is 6.54 Å². The maximum atomic E-state index is 13.4. The Morgan fingerprint density at radius 1 is 1.56 bits per heavy atom. The first-order valence-corrected chi connectivity index (χ1v) is 6.94. The molecule has 4 nitrogen and oxygen atoms in total. The van der Waals surface area contributed by atoms with Crippen molar-refractivity contribution < 1.29 is 9.31 Å². The maximum absolute atomic E-state index is 13.4. The minimum Gasteiger partial charge on any atom is -0.309 e. The van der Waals surface area contributed by atoms with Crippen LogP contribution < -0.4 is 5.32 Å². The first-order valence-electron chi connectivity index (χ1n) is 5.78. The number of nitrogens with one attached hydrogen (secondary N) is 1. The first-order chi connectivity index (χ1) is 8.54. The zero-order valence-electron chi connectivity index (χ0n) is 10.5. The number of benzene rings is 1. The minimum absolute atomic E-state index is 0.327. The smallest absolute Gasteiger partial charge is 0.304 e. The van der Waals surface area contributed by atoms with Crippen LogP contribution in [0.3, 0.4) is 0 Å². The van der Waals surface area contributed by atoms with Gasteiger partial charge in [-0.05, 0) is 24.3 Å². The van der Waals surface area contributed by atoms with E-state index in [0.29, 0.717) is 18.2 Å². The van der Waals surface area contributed by atoms with Gasteiger partial charge in [0.05, 0.1) is 4.92 Å². The fraction of sp³-hybridized carbons (Fsp3) is 0.500.